The van der Waals surface area contributed by atoms with Crippen molar-refractivity contribution in [1.29, 1.82) is 0 Å². The van der Waals surface area contributed by atoms with Gasteiger partial charge in [-0.2, -0.15) is 8.42 Å². The summed E-state index contributed by atoms with van der Waals surface area (Å²) < 4.78 is 29.5. The molecule has 0 aliphatic carbocycles. The number of carbonyl (C=O) groups is 1. The zero-order valence-electron chi connectivity index (χ0n) is 11.9. The van der Waals surface area contributed by atoms with Gasteiger partial charge in [0.25, 0.3) is 10.1 Å². The number of nitrogens with two attached hydrogens (primary N) is 1. The highest BCUT2D eigenvalue weighted by molar-refractivity contribution is 8.17. The molecular weight excluding hydrogens is 298 g/mol. The molecule has 0 bridgehead atoms. The molecule has 1 aliphatic heterocycles. The van der Waals surface area contributed by atoms with Crippen LogP contribution in [0.25, 0.3) is 0 Å². The first-order chi connectivity index (χ1) is 8.88. The van der Waals surface area contributed by atoms with Crippen molar-refractivity contribution in [2.45, 2.75) is 42.9 Å². The van der Waals surface area contributed by atoms with Crippen LogP contribution in [-0.2, 0) is 14.9 Å². The Hall–Kier alpha value is -0.890. The van der Waals surface area contributed by atoms with E-state index in [2.05, 4.69) is 0 Å². The summed E-state index contributed by atoms with van der Waals surface area (Å²) >= 11 is 1.33. The number of aryl methyl sites for hydroxylation is 1. The van der Waals surface area contributed by atoms with Crippen molar-refractivity contribution in [3.05, 3.63) is 29.8 Å². The third kappa shape index (κ3) is 3.60. The number of rotatable bonds is 1. The topological polar surface area (TPSA) is 97.5 Å². The Morgan fingerprint density at radius 2 is 1.60 bits per heavy atom. The number of hydrogen-bond donors (Lipinski definition) is 2. The fourth-order valence-corrected chi connectivity index (χ4v) is 2.92. The van der Waals surface area contributed by atoms with Crippen molar-refractivity contribution < 1.29 is 17.8 Å². The number of hydrogen-bond acceptors (Lipinski definition) is 5. The SMILES string of the molecule is CC1(C)SC(=O)C1(C)N.Cc1ccc(S(=O)(=O)O)cc1. The van der Waals surface area contributed by atoms with Crippen LogP contribution in [0.2, 0.25) is 0 Å². The van der Waals surface area contributed by atoms with Gasteiger partial charge in [-0.1, -0.05) is 29.5 Å². The average molecular weight is 317 g/mol. The fraction of sp³-hybridized carbons (Fsp3) is 0.462. The Kier molecular flexibility index (Phi) is 4.70. The van der Waals surface area contributed by atoms with E-state index in [9.17, 15) is 13.2 Å². The van der Waals surface area contributed by atoms with Crippen molar-refractivity contribution in [3.63, 3.8) is 0 Å². The van der Waals surface area contributed by atoms with E-state index >= 15 is 0 Å². The molecule has 0 amide bonds. The lowest BCUT2D eigenvalue weighted by Crippen LogP contribution is -2.66. The molecule has 1 unspecified atom stereocenters. The lowest BCUT2D eigenvalue weighted by atomic mass is 9.88. The van der Waals surface area contributed by atoms with Crippen LogP contribution in [0, 0.1) is 6.92 Å². The highest BCUT2D eigenvalue weighted by Gasteiger charge is 2.55. The molecule has 2 rings (SSSR count). The minimum Gasteiger partial charge on any atom is -0.317 e. The van der Waals surface area contributed by atoms with Gasteiger partial charge in [0, 0.05) is 4.75 Å². The molecule has 0 aromatic heterocycles. The van der Waals surface area contributed by atoms with Crippen LogP contribution in [0.3, 0.4) is 0 Å². The van der Waals surface area contributed by atoms with E-state index in [0.29, 0.717) is 0 Å². The normalized spacial score (nSPS) is 24.4. The summed E-state index contributed by atoms with van der Waals surface area (Å²) in [6.07, 6.45) is 0. The van der Waals surface area contributed by atoms with E-state index in [0.717, 1.165) is 5.56 Å². The van der Waals surface area contributed by atoms with Crippen molar-refractivity contribution in [1.82, 2.24) is 0 Å². The van der Waals surface area contributed by atoms with Crippen LogP contribution in [-0.4, -0.2) is 28.4 Å². The van der Waals surface area contributed by atoms with Crippen molar-refractivity contribution >= 4 is 27.0 Å². The summed E-state index contributed by atoms with van der Waals surface area (Å²) in [5.41, 5.74) is 6.03. The van der Waals surface area contributed by atoms with Crippen LogP contribution in [0.15, 0.2) is 29.2 Å². The van der Waals surface area contributed by atoms with Crippen molar-refractivity contribution in [2.75, 3.05) is 0 Å². The number of benzene rings is 1. The molecule has 1 aromatic carbocycles. The molecule has 0 radical (unpaired) electrons. The Morgan fingerprint density at radius 1 is 1.15 bits per heavy atom. The maximum absolute atomic E-state index is 10.8. The third-order valence-corrected chi connectivity index (χ3v) is 5.75. The Balaban J connectivity index is 0.000000204. The molecule has 20 heavy (non-hydrogen) atoms. The Bertz CT molecular complexity index is 604. The fourth-order valence-electron chi connectivity index (χ4n) is 1.35. The molecule has 1 atom stereocenters. The molecule has 0 saturated carbocycles. The van der Waals surface area contributed by atoms with Crippen LogP contribution in [0.5, 0.6) is 0 Å². The second-order valence-corrected chi connectivity index (χ2v) is 8.41. The molecule has 112 valence electrons. The van der Waals surface area contributed by atoms with Gasteiger partial charge in [0.1, 0.15) is 0 Å². The quantitative estimate of drug-likeness (QED) is 0.769. The third-order valence-electron chi connectivity index (χ3n) is 3.34. The van der Waals surface area contributed by atoms with Gasteiger partial charge in [-0.05, 0) is 39.8 Å². The monoisotopic (exact) mass is 317 g/mol. The lowest BCUT2D eigenvalue weighted by Gasteiger charge is -2.48. The summed E-state index contributed by atoms with van der Waals surface area (Å²) in [6, 6.07) is 5.99. The standard InChI is InChI=1S/C7H8O3S.C6H11NOS/c1-6-2-4-7(5-3-6)11(8,9)10;1-5(2)6(3,7)4(8)9-5/h2-5H,1H3,(H,8,9,10);7H2,1-3H3. The molecule has 1 aromatic rings. The Morgan fingerprint density at radius 3 is 1.80 bits per heavy atom. The van der Waals surface area contributed by atoms with Gasteiger partial charge < -0.3 is 5.73 Å². The minimum absolute atomic E-state index is 0.0654. The van der Waals surface area contributed by atoms with Gasteiger partial charge in [-0.3, -0.25) is 9.35 Å². The first-order valence-corrected chi connectivity index (χ1v) is 8.20. The van der Waals surface area contributed by atoms with Gasteiger partial charge in [-0.25, -0.2) is 0 Å². The molecule has 5 nitrogen and oxygen atoms in total. The van der Waals surface area contributed by atoms with E-state index in [1.54, 1.807) is 19.1 Å². The first kappa shape index (κ1) is 17.2. The lowest BCUT2D eigenvalue weighted by molar-refractivity contribution is -0.118. The van der Waals surface area contributed by atoms with E-state index in [-0.39, 0.29) is 14.8 Å². The highest BCUT2D eigenvalue weighted by Crippen LogP contribution is 2.47. The maximum atomic E-state index is 10.8. The smallest absolute Gasteiger partial charge is 0.294 e. The van der Waals surface area contributed by atoms with Crippen molar-refractivity contribution in [2.24, 2.45) is 5.73 Å². The van der Waals surface area contributed by atoms with Crippen LogP contribution >= 0.6 is 11.8 Å². The van der Waals surface area contributed by atoms with Gasteiger partial charge >= 0.3 is 0 Å². The molecule has 0 spiro atoms. The van der Waals surface area contributed by atoms with E-state index in [1.165, 1.54) is 23.9 Å². The second kappa shape index (κ2) is 5.48. The molecule has 3 N–H and O–H groups in total. The molecule has 1 fully saturated rings. The summed E-state index contributed by atoms with van der Waals surface area (Å²) in [6.45, 7) is 7.59. The van der Waals surface area contributed by atoms with Gasteiger partial charge in [0.15, 0.2) is 0 Å². The van der Waals surface area contributed by atoms with Crippen LogP contribution in [0.1, 0.15) is 26.3 Å². The highest BCUT2D eigenvalue weighted by atomic mass is 32.2. The zero-order chi connectivity index (χ0) is 15.8. The van der Waals surface area contributed by atoms with E-state index in [1.807, 2.05) is 20.8 Å². The van der Waals surface area contributed by atoms with Crippen molar-refractivity contribution in [3.8, 4) is 0 Å². The molecule has 1 saturated heterocycles. The molecular formula is C13H19NO4S2. The number of carbonyl (C=O) groups excluding carboxylic acids is 1. The summed E-state index contributed by atoms with van der Waals surface area (Å²) in [5.74, 6) is 0. The molecule has 1 heterocycles. The van der Waals surface area contributed by atoms with Gasteiger partial charge in [-0.15, -0.1) is 0 Å². The number of thioether (sulfide) groups is 1. The van der Waals surface area contributed by atoms with Gasteiger partial charge in [0.2, 0.25) is 5.12 Å². The molecule has 1 aliphatic rings. The minimum atomic E-state index is -4.02. The zero-order valence-corrected chi connectivity index (χ0v) is 13.5. The maximum Gasteiger partial charge on any atom is 0.294 e. The van der Waals surface area contributed by atoms with E-state index < -0.39 is 15.7 Å². The summed E-state index contributed by atoms with van der Waals surface area (Å²) in [5, 5.41) is 0.104. The van der Waals surface area contributed by atoms with Gasteiger partial charge in [0.05, 0.1) is 10.4 Å². The predicted octanol–water partition coefficient (Wildman–Crippen LogP) is 2.00. The van der Waals surface area contributed by atoms with E-state index in [4.69, 9.17) is 10.3 Å². The summed E-state index contributed by atoms with van der Waals surface area (Å²) in [7, 11) is -4.02. The predicted molar refractivity (Wildman–Crippen MR) is 80.3 cm³/mol. The van der Waals surface area contributed by atoms with Crippen LogP contribution < -0.4 is 5.73 Å². The second-order valence-electron chi connectivity index (χ2n) is 5.39. The molecule has 7 heteroatoms. The largest absolute Gasteiger partial charge is 0.317 e. The average Bonchev–Trinajstić information content (AvgIpc) is 2.28. The Labute approximate surface area is 123 Å². The van der Waals surface area contributed by atoms with Crippen LogP contribution in [0.4, 0.5) is 0 Å². The summed E-state index contributed by atoms with van der Waals surface area (Å²) in [4.78, 5) is 10.7. The first-order valence-electron chi connectivity index (χ1n) is 5.94.